The van der Waals surface area contributed by atoms with Crippen LogP contribution in [0.1, 0.15) is 24.0 Å². The summed E-state index contributed by atoms with van der Waals surface area (Å²) in [6, 6.07) is 12.2. The number of halogens is 2. The van der Waals surface area contributed by atoms with E-state index in [1.54, 1.807) is 0 Å². The highest BCUT2D eigenvalue weighted by Gasteiger charge is 2.18. The van der Waals surface area contributed by atoms with Crippen molar-refractivity contribution in [1.29, 1.82) is 0 Å². The van der Waals surface area contributed by atoms with E-state index in [0.717, 1.165) is 24.1 Å². The van der Waals surface area contributed by atoms with Gasteiger partial charge in [-0.1, -0.05) is 36.4 Å². The third-order valence-electron chi connectivity index (χ3n) is 3.83. The van der Waals surface area contributed by atoms with Crippen LogP contribution < -0.4 is 11.1 Å². The molecule has 0 radical (unpaired) electrons. The number of nitrogens with one attached hydrogen (secondary N) is 1. The predicted molar refractivity (Wildman–Crippen MR) is 90.6 cm³/mol. The number of carbonyl (C=O) groups excluding carboxylic acids is 2. The Morgan fingerprint density at radius 2 is 1.72 bits per heavy atom. The van der Waals surface area contributed by atoms with E-state index >= 15 is 0 Å². The molecule has 0 aliphatic carbocycles. The summed E-state index contributed by atoms with van der Waals surface area (Å²) in [6.45, 7) is 0. The summed E-state index contributed by atoms with van der Waals surface area (Å²) in [5.74, 6) is -3.07. The number of rotatable bonds is 8. The van der Waals surface area contributed by atoms with Crippen LogP contribution in [0.5, 0.6) is 0 Å². The molecular weight excluding hydrogens is 326 g/mol. The Morgan fingerprint density at radius 3 is 2.36 bits per heavy atom. The molecule has 2 aromatic carbocycles. The zero-order valence-electron chi connectivity index (χ0n) is 13.7. The highest BCUT2D eigenvalue weighted by atomic mass is 19.2. The largest absolute Gasteiger partial charge is 0.368 e. The fraction of sp³-hybridized carbons (Fsp3) is 0.263. The molecule has 2 rings (SSSR count). The molecule has 25 heavy (non-hydrogen) atoms. The average molecular weight is 346 g/mol. The van der Waals surface area contributed by atoms with Gasteiger partial charge < -0.3 is 11.1 Å². The van der Waals surface area contributed by atoms with Crippen molar-refractivity contribution in [2.45, 2.75) is 31.7 Å². The van der Waals surface area contributed by atoms with Gasteiger partial charge in [0.05, 0.1) is 6.42 Å². The lowest BCUT2D eigenvalue weighted by Gasteiger charge is -2.15. The van der Waals surface area contributed by atoms with Crippen LogP contribution in [0.3, 0.4) is 0 Å². The normalized spacial score (nSPS) is 11.8. The van der Waals surface area contributed by atoms with Gasteiger partial charge in [-0.25, -0.2) is 8.78 Å². The zero-order valence-corrected chi connectivity index (χ0v) is 13.7. The summed E-state index contributed by atoms with van der Waals surface area (Å²) in [5.41, 5.74) is 6.80. The Labute approximate surface area is 145 Å². The first-order valence-electron chi connectivity index (χ1n) is 8.02. The SMILES string of the molecule is NC(=O)[C@H](CCCc1ccccc1)NC(=O)Cc1ccc(F)c(F)c1. The Balaban J connectivity index is 1.86. The van der Waals surface area contributed by atoms with E-state index in [2.05, 4.69) is 5.32 Å². The molecule has 4 nitrogen and oxygen atoms in total. The molecule has 2 aromatic rings. The van der Waals surface area contributed by atoms with E-state index in [0.29, 0.717) is 18.4 Å². The monoisotopic (exact) mass is 346 g/mol. The molecule has 0 saturated carbocycles. The minimum Gasteiger partial charge on any atom is -0.368 e. The van der Waals surface area contributed by atoms with E-state index in [4.69, 9.17) is 5.73 Å². The molecule has 6 heteroatoms. The summed E-state index contributed by atoms with van der Waals surface area (Å²) >= 11 is 0. The van der Waals surface area contributed by atoms with E-state index in [9.17, 15) is 18.4 Å². The maximum atomic E-state index is 13.2. The number of primary amides is 1. The first-order valence-corrected chi connectivity index (χ1v) is 8.02. The molecular formula is C19H20F2N2O2. The van der Waals surface area contributed by atoms with Gasteiger partial charge in [0.15, 0.2) is 11.6 Å². The third kappa shape index (κ3) is 5.99. The summed E-state index contributed by atoms with van der Waals surface area (Å²) in [7, 11) is 0. The second-order valence-electron chi connectivity index (χ2n) is 5.83. The van der Waals surface area contributed by atoms with Crippen LogP contribution in [0.25, 0.3) is 0 Å². The topological polar surface area (TPSA) is 72.2 Å². The van der Waals surface area contributed by atoms with Crippen LogP contribution in [0.15, 0.2) is 48.5 Å². The Hall–Kier alpha value is -2.76. The van der Waals surface area contributed by atoms with E-state index in [1.165, 1.54) is 6.07 Å². The van der Waals surface area contributed by atoms with Gasteiger partial charge >= 0.3 is 0 Å². The van der Waals surface area contributed by atoms with Crippen LogP contribution in [0.4, 0.5) is 8.78 Å². The summed E-state index contributed by atoms with van der Waals surface area (Å²) < 4.78 is 26.1. The molecule has 0 unspecified atom stereocenters. The van der Waals surface area contributed by atoms with Crippen LogP contribution in [0, 0.1) is 11.6 Å². The van der Waals surface area contributed by atoms with Crippen molar-refractivity contribution in [3.05, 3.63) is 71.3 Å². The number of nitrogens with two attached hydrogens (primary N) is 1. The first-order chi connectivity index (χ1) is 12.0. The van der Waals surface area contributed by atoms with Gasteiger partial charge in [-0.2, -0.15) is 0 Å². The maximum absolute atomic E-state index is 13.2. The number of amides is 2. The van der Waals surface area contributed by atoms with Gasteiger partial charge in [0, 0.05) is 0 Å². The average Bonchev–Trinajstić information content (AvgIpc) is 2.58. The summed E-state index contributed by atoms with van der Waals surface area (Å²) in [5, 5.41) is 2.56. The Bertz CT molecular complexity index is 735. The fourth-order valence-corrected chi connectivity index (χ4v) is 2.52. The molecule has 132 valence electrons. The molecule has 2 amide bonds. The Morgan fingerprint density at radius 1 is 1.00 bits per heavy atom. The van der Waals surface area contributed by atoms with E-state index < -0.39 is 29.5 Å². The van der Waals surface area contributed by atoms with Crippen LogP contribution in [-0.4, -0.2) is 17.9 Å². The lowest BCUT2D eigenvalue weighted by molar-refractivity contribution is -0.127. The van der Waals surface area contributed by atoms with E-state index in [1.807, 2.05) is 30.3 Å². The molecule has 0 fully saturated rings. The smallest absolute Gasteiger partial charge is 0.239 e. The van der Waals surface area contributed by atoms with Gasteiger partial charge in [0.1, 0.15) is 6.04 Å². The van der Waals surface area contributed by atoms with Gasteiger partial charge in [0.25, 0.3) is 0 Å². The fourth-order valence-electron chi connectivity index (χ4n) is 2.52. The number of benzene rings is 2. The van der Waals surface area contributed by atoms with Crippen LogP contribution in [0.2, 0.25) is 0 Å². The quantitative estimate of drug-likeness (QED) is 0.771. The van der Waals surface area contributed by atoms with Gasteiger partial charge in [0.2, 0.25) is 11.8 Å². The van der Waals surface area contributed by atoms with Crippen LogP contribution in [-0.2, 0) is 22.4 Å². The van der Waals surface area contributed by atoms with Crippen molar-refractivity contribution >= 4 is 11.8 Å². The van der Waals surface area contributed by atoms with Gasteiger partial charge in [-0.3, -0.25) is 9.59 Å². The maximum Gasteiger partial charge on any atom is 0.239 e. The third-order valence-corrected chi connectivity index (χ3v) is 3.83. The second kappa shape index (κ2) is 8.92. The second-order valence-corrected chi connectivity index (χ2v) is 5.83. The molecule has 0 saturated heterocycles. The highest BCUT2D eigenvalue weighted by Crippen LogP contribution is 2.10. The number of hydrogen-bond acceptors (Lipinski definition) is 2. The van der Waals surface area contributed by atoms with Crippen LogP contribution >= 0.6 is 0 Å². The highest BCUT2D eigenvalue weighted by molar-refractivity contribution is 5.87. The number of carbonyl (C=O) groups is 2. The van der Waals surface area contributed by atoms with Crippen molar-refractivity contribution in [2.75, 3.05) is 0 Å². The standard InChI is InChI=1S/C19H20F2N2O2/c20-15-10-9-14(11-16(15)21)12-18(24)23-17(19(22)25)8-4-7-13-5-2-1-3-6-13/h1-3,5-6,9-11,17H,4,7-8,12H2,(H2,22,25)(H,23,24)/t17-/m0/s1. The van der Waals surface area contributed by atoms with Crippen molar-refractivity contribution in [2.24, 2.45) is 5.73 Å². The Kier molecular flexibility index (Phi) is 6.62. The van der Waals surface area contributed by atoms with Crippen molar-refractivity contribution in [1.82, 2.24) is 5.32 Å². The van der Waals surface area contributed by atoms with Gasteiger partial charge in [-0.15, -0.1) is 0 Å². The molecule has 0 heterocycles. The van der Waals surface area contributed by atoms with Crippen molar-refractivity contribution in [3.63, 3.8) is 0 Å². The molecule has 0 spiro atoms. The molecule has 0 aliphatic heterocycles. The lowest BCUT2D eigenvalue weighted by atomic mass is 10.0. The first kappa shape index (κ1) is 18.6. The molecule has 0 bridgehead atoms. The summed E-state index contributed by atoms with van der Waals surface area (Å²) in [6.07, 6.45) is 1.71. The molecule has 3 N–H and O–H groups in total. The molecule has 1 atom stereocenters. The zero-order chi connectivity index (χ0) is 18.2. The minimum absolute atomic E-state index is 0.153. The van der Waals surface area contributed by atoms with E-state index in [-0.39, 0.29) is 6.42 Å². The minimum atomic E-state index is -1.01. The lowest BCUT2D eigenvalue weighted by Crippen LogP contribution is -2.45. The number of hydrogen-bond donors (Lipinski definition) is 2. The molecule has 0 aromatic heterocycles. The van der Waals surface area contributed by atoms with Gasteiger partial charge in [-0.05, 0) is 42.5 Å². The number of aryl methyl sites for hydroxylation is 1. The summed E-state index contributed by atoms with van der Waals surface area (Å²) in [4.78, 5) is 23.5. The predicted octanol–water partition coefficient (Wildman–Crippen LogP) is 2.50. The van der Waals surface area contributed by atoms with Crippen molar-refractivity contribution < 1.29 is 18.4 Å². The molecule has 0 aliphatic rings. The van der Waals surface area contributed by atoms with Crippen molar-refractivity contribution in [3.8, 4) is 0 Å².